The number of nitrogens with one attached hydrogen (secondary N) is 1. The van der Waals surface area contributed by atoms with Crippen LogP contribution in [-0.4, -0.2) is 78.2 Å². The Labute approximate surface area is 181 Å². The molecule has 2 amide bonds. The molecule has 1 N–H and O–H groups in total. The number of amides is 2. The number of hydrogen-bond donors (Lipinski definition) is 1. The molecular formula is C19H26N6O5S. The van der Waals surface area contributed by atoms with Crippen LogP contribution in [-0.2, 0) is 21.4 Å². The van der Waals surface area contributed by atoms with E-state index in [-0.39, 0.29) is 34.5 Å². The molecule has 1 saturated heterocycles. The highest BCUT2D eigenvalue weighted by molar-refractivity contribution is 7.89. The van der Waals surface area contributed by atoms with Crippen molar-refractivity contribution >= 4 is 27.5 Å². The molecule has 3 rings (SSSR count). The molecule has 1 aliphatic heterocycles. The molecule has 1 aliphatic rings. The molecule has 2 heterocycles. The van der Waals surface area contributed by atoms with Gasteiger partial charge in [-0.2, -0.15) is 4.31 Å². The maximum atomic E-state index is 13.1. The van der Waals surface area contributed by atoms with E-state index in [1.165, 1.54) is 32.2 Å². The number of sulfonamides is 1. The first kappa shape index (κ1) is 22.7. The fourth-order valence-electron chi connectivity index (χ4n) is 3.08. The van der Waals surface area contributed by atoms with E-state index < -0.39 is 15.9 Å². The summed E-state index contributed by atoms with van der Waals surface area (Å²) in [4.78, 5) is 25.7. The number of carbonyl (C=O) groups excluding carboxylic acids is 2. The summed E-state index contributed by atoms with van der Waals surface area (Å²) in [6.45, 7) is 2.95. The molecule has 168 valence electrons. The van der Waals surface area contributed by atoms with Crippen LogP contribution in [0.2, 0.25) is 0 Å². The summed E-state index contributed by atoms with van der Waals surface area (Å²) in [5.41, 5.74) is 0.287. The number of anilines is 1. The zero-order valence-electron chi connectivity index (χ0n) is 17.7. The molecule has 0 saturated carbocycles. The van der Waals surface area contributed by atoms with Crippen molar-refractivity contribution in [3.8, 4) is 5.75 Å². The third-order valence-electron chi connectivity index (χ3n) is 4.75. The molecule has 11 nitrogen and oxygen atoms in total. The van der Waals surface area contributed by atoms with Crippen LogP contribution < -0.4 is 10.1 Å². The fourth-order valence-corrected chi connectivity index (χ4v) is 4.76. The second-order valence-corrected chi connectivity index (χ2v) is 9.16. The maximum Gasteiger partial charge on any atom is 0.277 e. The Balaban J connectivity index is 1.81. The van der Waals surface area contributed by atoms with Gasteiger partial charge in [0.25, 0.3) is 5.91 Å². The normalized spacial score (nSPS) is 14.4. The Kier molecular flexibility index (Phi) is 6.91. The van der Waals surface area contributed by atoms with E-state index in [4.69, 9.17) is 4.74 Å². The number of carbonyl (C=O) groups is 2. The van der Waals surface area contributed by atoms with Crippen molar-refractivity contribution in [1.29, 1.82) is 0 Å². The highest BCUT2D eigenvalue weighted by Crippen LogP contribution is 2.31. The number of rotatable bonds is 8. The van der Waals surface area contributed by atoms with Crippen molar-refractivity contribution in [3.63, 3.8) is 0 Å². The largest absolute Gasteiger partial charge is 0.492 e. The van der Waals surface area contributed by atoms with Gasteiger partial charge in [0, 0.05) is 32.9 Å². The number of hydrogen-bond acceptors (Lipinski definition) is 7. The highest BCUT2D eigenvalue weighted by atomic mass is 32.2. The lowest BCUT2D eigenvalue weighted by Gasteiger charge is -2.19. The molecule has 0 bridgehead atoms. The minimum atomic E-state index is -3.75. The van der Waals surface area contributed by atoms with Crippen LogP contribution in [0.3, 0.4) is 0 Å². The van der Waals surface area contributed by atoms with Crippen molar-refractivity contribution in [1.82, 2.24) is 24.2 Å². The van der Waals surface area contributed by atoms with Crippen LogP contribution in [0.1, 0.15) is 30.3 Å². The summed E-state index contributed by atoms with van der Waals surface area (Å²) in [6, 6.07) is 4.47. The molecule has 12 heteroatoms. The molecule has 0 spiro atoms. The molecule has 0 atom stereocenters. The Morgan fingerprint density at radius 2 is 1.94 bits per heavy atom. The summed E-state index contributed by atoms with van der Waals surface area (Å²) in [5, 5.41) is 10.2. The highest BCUT2D eigenvalue weighted by Gasteiger charge is 2.30. The van der Waals surface area contributed by atoms with Crippen molar-refractivity contribution < 1.29 is 22.7 Å². The average molecular weight is 451 g/mol. The van der Waals surface area contributed by atoms with Crippen LogP contribution in [0.15, 0.2) is 29.3 Å². The van der Waals surface area contributed by atoms with Crippen LogP contribution in [0, 0.1) is 0 Å². The second kappa shape index (κ2) is 9.43. The molecule has 0 aliphatic carbocycles. The summed E-state index contributed by atoms with van der Waals surface area (Å²) in [6.07, 6.45) is 2.98. The molecule has 1 fully saturated rings. The topological polar surface area (TPSA) is 127 Å². The van der Waals surface area contributed by atoms with E-state index in [1.807, 2.05) is 0 Å². The van der Waals surface area contributed by atoms with E-state index in [9.17, 15) is 18.0 Å². The Bertz CT molecular complexity index is 1060. The fraction of sp³-hybridized carbons (Fsp3) is 0.474. The van der Waals surface area contributed by atoms with E-state index >= 15 is 0 Å². The van der Waals surface area contributed by atoms with Gasteiger partial charge in [0.05, 0.1) is 12.8 Å². The van der Waals surface area contributed by atoms with Gasteiger partial charge in [-0.1, -0.05) is 5.21 Å². The van der Waals surface area contributed by atoms with Gasteiger partial charge in [-0.15, -0.1) is 5.10 Å². The van der Waals surface area contributed by atoms with E-state index in [1.54, 1.807) is 27.1 Å². The third-order valence-corrected chi connectivity index (χ3v) is 6.67. The lowest BCUT2D eigenvalue weighted by atomic mass is 10.3. The third kappa shape index (κ3) is 5.20. The SMILES string of the molecule is CCOc1ccc(NC(=O)c2cn(CC(=O)N(C)C)nn2)cc1S(=O)(=O)N1CCCC1. The molecule has 1 aromatic heterocycles. The quantitative estimate of drug-likeness (QED) is 0.630. The zero-order valence-corrected chi connectivity index (χ0v) is 18.6. The van der Waals surface area contributed by atoms with Crippen LogP contribution in [0.25, 0.3) is 0 Å². The van der Waals surface area contributed by atoms with Crippen LogP contribution in [0.4, 0.5) is 5.69 Å². The average Bonchev–Trinajstić information content (AvgIpc) is 3.41. The summed E-state index contributed by atoms with van der Waals surface area (Å²) >= 11 is 0. The van der Waals surface area contributed by atoms with Gasteiger partial charge in [-0.25, -0.2) is 13.1 Å². The molecule has 1 aromatic carbocycles. The van der Waals surface area contributed by atoms with Crippen LogP contribution in [0.5, 0.6) is 5.75 Å². The summed E-state index contributed by atoms with van der Waals surface area (Å²) < 4.78 is 34.3. The number of likely N-dealkylation sites (N-methyl/N-ethyl adjacent to an activating group) is 1. The Morgan fingerprint density at radius 1 is 1.23 bits per heavy atom. The maximum absolute atomic E-state index is 13.1. The van der Waals surface area contributed by atoms with E-state index in [0.717, 1.165) is 12.8 Å². The predicted molar refractivity (Wildman–Crippen MR) is 112 cm³/mol. The van der Waals surface area contributed by atoms with E-state index in [0.29, 0.717) is 19.7 Å². The van der Waals surface area contributed by atoms with Crippen molar-refractivity contribution in [2.45, 2.75) is 31.2 Å². The first-order chi connectivity index (χ1) is 14.7. The lowest BCUT2D eigenvalue weighted by molar-refractivity contribution is -0.129. The first-order valence-corrected chi connectivity index (χ1v) is 11.3. The number of nitrogens with zero attached hydrogens (tertiary/aromatic N) is 5. The monoisotopic (exact) mass is 450 g/mol. The standard InChI is InChI=1S/C19H26N6O5S/c1-4-30-16-8-7-14(11-17(16)31(28,29)25-9-5-6-10-25)20-19(27)15-12-24(22-21-15)13-18(26)23(2)3/h7-8,11-12H,4-6,9-10,13H2,1-3H3,(H,20,27). The minimum absolute atomic E-state index is 0.00407. The smallest absolute Gasteiger partial charge is 0.277 e. The zero-order chi connectivity index (χ0) is 22.6. The molecule has 0 unspecified atom stereocenters. The molecule has 0 radical (unpaired) electrons. The van der Waals surface area contributed by atoms with Gasteiger partial charge < -0.3 is 15.0 Å². The van der Waals surface area contributed by atoms with Gasteiger partial charge in [0.2, 0.25) is 15.9 Å². The summed E-state index contributed by atoms with van der Waals surface area (Å²) in [7, 11) is -0.514. The van der Waals surface area contributed by atoms with Gasteiger partial charge in [-0.05, 0) is 38.0 Å². The van der Waals surface area contributed by atoms with Crippen molar-refractivity contribution in [3.05, 3.63) is 30.1 Å². The first-order valence-electron chi connectivity index (χ1n) is 9.91. The molecule has 2 aromatic rings. The van der Waals surface area contributed by atoms with E-state index in [2.05, 4.69) is 15.6 Å². The Hall–Kier alpha value is -2.99. The number of ether oxygens (including phenoxy) is 1. The Morgan fingerprint density at radius 3 is 2.58 bits per heavy atom. The number of benzene rings is 1. The van der Waals surface area contributed by atoms with Crippen molar-refractivity contribution in [2.24, 2.45) is 0 Å². The van der Waals surface area contributed by atoms with Gasteiger partial charge in [0.1, 0.15) is 17.2 Å². The van der Waals surface area contributed by atoms with Gasteiger partial charge in [0.15, 0.2) is 5.69 Å². The van der Waals surface area contributed by atoms with Crippen LogP contribution >= 0.6 is 0 Å². The predicted octanol–water partition coefficient (Wildman–Crippen LogP) is 0.802. The number of aromatic nitrogens is 3. The summed E-state index contributed by atoms with van der Waals surface area (Å²) in [5.74, 6) is -0.530. The molecule has 31 heavy (non-hydrogen) atoms. The minimum Gasteiger partial charge on any atom is -0.492 e. The lowest BCUT2D eigenvalue weighted by Crippen LogP contribution is -2.28. The molecular weight excluding hydrogens is 424 g/mol. The van der Waals surface area contributed by atoms with Gasteiger partial charge in [-0.3, -0.25) is 9.59 Å². The van der Waals surface area contributed by atoms with Gasteiger partial charge >= 0.3 is 0 Å². The second-order valence-electron chi connectivity index (χ2n) is 7.25. The van der Waals surface area contributed by atoms with Crippen molar-refractivity contribution in [2.75, 3.05) is 39.1 Å².